The lowest BCUT2D eigenvalue weighted by molar-refractivity contribution is 0.0642. The summed E-state index contributed by atoms with van der Waals surface area (Å²) >= 11 is 0. The van der Waals surface area contributed by atoms with Gasteiger partial charge in [-0.25, -0.2) is 5.90 Å². The number of rotatable bonds is 2. The lowest BCUT2D eigenvalue weighted by Crippen LogP contribution is -2.10. The molecule has 0 rings (SSSR count). The van der Waals surface area contributed by atoms with Crippen LogP contribution in [0.25, 0.3) is 0 Å². The first-order valence-corrected chi connectivity index (χ1v) is 2.16. The number of hydrogen-bond acceptors (Lipinski definition) is 3. The van der Waals surface area contributed by atoms with E-state index in [0.29, 0.717) is 0 Å². The van der Waals surface area contributed by atoms with Gasteiger partial charge in [-0.05, 0) is 13.3 Å². The third-order valence-electron chi connectivity index (χ3n) is 0.807. The van der Waals surface area contributed by atoms with Crippen molar-refractivity contribution in [2.24, 2.45) is 5.90 Å². The molecule has 0 aliphatic carbocycles. The molecule has 0 aliphatic heterocycles. The molecule has 0 heterocycles. The zero-order valence-electron chi connectivity index (χ0n) is 5.79. The minimum absolute atomic E-state index is 0. The van der Waals surface area contributed by atoms with E-state index in [2.05, 4.69) is 4.84 Å². The van der Waals surface area contributed by atoms with Gasteiger partial charge in [0.2, 0.25) is 0 Å². The number of hydrogen-bond donors (Lipinski definition) is 2. The Morgan fingerprint density at radius 2 is 1.78 bits per heavy atom. The Morgan fingerprint density at radius 3 is 1.78 bits per heavy atom. The Morgan fingerprint density at radius 1 is 1.44 bits per heavy atom. The summed E-state index contributed by atoms with van der Waals surface area (Å²) in [4.78, 5) is 4.40. The predicted octanol–water partition coefficient (Wildman–Crippen LogP) is 1.68. The molecule has 9 heavy (non-hydrogen) atoms. The topological polar surface area (TPSA) is 70.2 Å². The fourth-order valence-electron chi connectivity index (χ4n) is 0.0962. The molecule has 0 fully saturated rings. The zero-order valence-corrected chi connectivity index (χ0v) is 7.43. The molecule has 0 spiro atoms. The predicted molar refractivity (Wildman–Crippen MR) is 44.5 cm³/mol. The Bertz CT molecular complexity index is 35.7. The van der Waals surface area contributed by atoms with Crippen molar-refractivity contribution in [2.75, 3.05) is 0 Å². The van der Waals surface area contributed by atoms with E-state index in [1.165, 1.54) is 0 Å². The highest BCUT2D eigenvalue weighted by Crippen LogP contribution is 1.87. The van der Waals surface area contributed by atoms with Crippen LogP contribution in [0.15, 0.2) is 0 Å². The van der Waals surface area contributed by atoms with Crippen LogP contribution in [-0.4, -0.2) is 6.10 Å². The number of halogens is 2. The lowest BCUT2D eigenvalue weighted by Gasteiger charge is -2.00. The molecule has 3 nitrogen and oxygen atoms in total. The average molecular weight is 179 g/mol. The van der Waals surface area contributed by atoms with E-state index < -0.39 is 0 Å². The molecule has 0 saturated heterocycles. The highest BCUT2D eigenvalue weighted by Gasteiger charge is 1.89. The van der Waals surface area contributed by atoms with Crippen LogP contribution in [0.5, 0.6) is 0 Å². The minimum Gasteiger partial charge on any atom is -0.344 e. The van der Waals surface area contributed by atoms with Gasteiger partial charge in [0.05, 0.1) is 6.10 Å². The van der Waals surface area contributed by atoms with Crippen molar-refractivity contribution < 1.29 is 4.84 Å². The Hall–Kier alpha value is 0.460. The molecule has 0 aromatic heterocycles. The van der Waals surface area contributed by atoms with Crippen molar-refractivity contribution >= 4 is 24.8 Å². The van der Waals surface area contributed by atoms with E-state index in [-0.39, 0.29) is 37.1 Å². The molecule has 1 unspecified atom stereocenters. The largest absolute Gasteiger partial charge is 0.344 e. The second-order valence-corrected chi connectivity index (χ2v) is 1.35. The van der Waals surface area contributed by atoms with Gasteiger partial charge < -0.3 is 11.0 Å². The normalized spacial score (nSPS) is 9.67. The van der Waals surface area contributed by atoms with Gasteiger partial charge >= 0.3 is 0 Å². The van der Waals surface area contributed by atoms with Gasteiger partial charge in [0, 0.05) is 0 Å². The van der Waals surface area contributed by atoms with Crippen molar-refractivity contribution in [2.45, 2.75) is 26.4 Å². The minimum atomic E-state index is 0. The third-order valence-corrected chi connectivity index (χ3v) is 0.807. The average Bonchev–Trinajstić information content (AvgIpc) is 1.65. The third kappa shape index (κ3) is 17.7. The summed E-state index contributed by atoms with van der Waals surface area (Å²) in [5.74, 6) is 4.78. The van der Waals surface area contributed by atoms with Gasteiger partial charge in [-0.15, -0.1) is 24.8 Å². The number of nitrogens with two attached hydrogens (primary N) is 1. The molecule has 0 radical (unpaired) electrons. The van der Waals surface area contributed by atoms with Crippen LogP contribution in [0, 0.1) is 0 Å². The molecular weight excluding hydrogens is 163 g/mol. The van der Waals surface area contributed by atoms with Gasteiger partial charge in [0.15, 0.2) is 0 Å². The fraction of sp³-hybridized carbons (Fsp3) is 1.00. The van der Waals surface area contributed by atoms with E-state index in [4.69, 9.17) is 5.90 Å². The molecule has 0 aliphatic rings. The molecular formula is C4H16Cl2N2O. The molecule has 0 amide bonds. The summed E-state index contributed by atoms with van der Waals surface area (Å²) in [5, 5.41) is 0. The fourth-order valence-corrected chi connectivity index (χ4v) is 0.0962. The lowest BCUT2D eigenvalue weighted by atomic mass is 10.3. The van der Waals surface area contributed by atoms with E-state index in [1.54, 1.807) is 0 Å². The van der Waals surface area contributed by atoms with Crippen molar-refractivity contribution in [3.8, 4) is 0 Å². The first kappa shape index (κ1) is 22.7. The Labute approximate surface area is 68.7 Å². The van der Waals surface area contributed by atoms with E-state index in [0.717, 1.165) is 6.42 Å². The van der Waals surface area contributed by atoms with Crippen LogP contribution < -0.4 is 12.0 Å². The van der Waals surface area contributed by atoms with Gasteiger partial charge in [-0.3, -0.25) is 0 Å². The molecule has 1 atom stereocenters. The SMILES string of the molecule is CCC(C)ON.Cl.Cl.N. The molecule has 62 valence electrons. The first-order chi connectivity index (χ1) is 2.81. The summed E-state index contributed by atoms with van der Waals surface area (Å²) in [6.07, 6.45) is 1.20. The van der Waals surface area contributed by atoms with Gasteiger partial charge in [0.1, 0.15) is 0 Å². The molecule has 5 heteroatoms. The van der Waals surface area contributed by atoms with E-state index in [9.17, 15) is 0 Å². The van der Waals surface area contributed by atoms with Crippen molar-refractivity contribution in [3.63, 3.8) is 0 Å². The first-order valence-electron chi connectivity index (χ1n) is 2.16. The Balaban J connectivity index is -0.0000000417. The maximum atomic E-state index is 4.78. The maximum absolute atomic E-state index is 4.78. The standard InChI is InChI=1S/C4H11NO.2ClH.H3N/c1-3-4(2)6-5;;;/h4H,3,5H2,1-2H3;2*1H;1H3. The van der Waals surface area contributed by atoms with Gasteiger partial charge in [-0.2, -0.15) is 0 Å². The monoisotopic (exact) mass is 178 g/mol. The van der Waals surface area contributed by atoms with Crippen LogP contribution >= 0.6 is 24.8 Å². The summed E-state index contributed by atoms with van der Waals surface area (Å²) in [7, 11) is 0. The van der Waals surface area contributed by atoms with Crippen molar-refractivity contribution in [1.29, 1.82) is 0 Å². The molecule has 0 aromatic carbocycles. The van der Waals surface area contributed by atoms with Crippen molar-refractivity contribution in [1.82, 2.24) is 6.15 Å². The molecule has 0 bridgehead atoms. The second kappa shape index (κ2) is 15.8. The zero-order chi connectivity index (χ0) is 4.99. The smallest absolute Gasteiger partial charge is 0.0756 e. The van der Waals surface area contributed by atoms with E-state index >= 15 is 0 Å². The molecule has 5 N–H and O–H groups in total. The quantitative estimate of drug-likeness (QED) is 0.633. The van der Waals surface area contributed by atoms with Crippen LogP contribution in [0.1, 0.15) is 20.3 Å². The Kier molecular flexibility index (Phi) is 39.9. The van der Waals surface area contributed by atoms with Gasteiger partial charge in [-0.1, -0.05) is 6.92 Å². The van der Waals surface area contributed by atoms with Crippen LogP contribution in [0.3, 0.4) is 0 Å². The van der Waals surface area contributed by atoms with Crippen molar-refractivity contribution in [3.05, 3.63) is 0 Å². The summed E-state index contributed by atoms with van der Waals surface area (Å²) < 4.78 is 0. The van der Waals surface area contributed by atoms with Gasteiger partial charge in [0.25, 0.3) is 0 Å². The highest BCUT2D eigenvalue weighted by molar-refractivity contribution is 5.85. The summed E-state index contributed by atoms with van der Waals surface area (Å²) in [5.41, 5.74) is 0. The highest BCUT2D eigenvalue weighted by atomic mass is 35.5. The van der Waals surface area contributed by atoms with Crippen LogP contribution in [0.4, 0.5) is 0 Å². The molecule has 0 aromatic rings. The van der Waals surface area contributed by atoms with Crippen LogP contribution in [-0.2, 0) is 4.84 Å². The van der Waals surface area contributed by atoms with E-state index in [1.807, 2.05) is 13.8 Å². The summed E-state index contributed by atoms with van der Waals surface area (Å²) in [6, 6.07) is 0. The summed E-state index contributed by atoms with van der Waals surface area (Å²) in [6.45, 7) is 3.96. The maximum Gasteiger partial charge on any atom is 0.0756 e. The molecule has 0 saturated carbocycles. The second-order valence-electron chi connectivity index (χ2n) is 1.35. The van der Waals surface area contributed by atoms with Crippen LogP contribution in [0.2, 0.25) is 0 Å².